The fourth-order valence-corrected chi connectivity index (χ4v) is 1.23. The van der Waals surface area contributed by atoms with Gasteiger partial charge in [-0.15, -0.1) is 0 Å². The van der Waals surface area contributed by atoms with Crippen molar-refractivity contribution in [2.75, 3.05) is 6.61 Å². The Labute approximate surface area is 98.3 Å². The zero-order chi connectivity index (χ0) is 12.0. The SMILES string of the molecule is C/C(=N\OCCC(C)(C)C)c1ccccc1. The second-order valence-corrected chi connectivity index (χ2v) is 5.19. The molecule has 1 rings (SSSR count). The van der Waals surface area contributed by atoms with Gasteiger partial charge >= 0.3 is 0 Å². The molecule has 88 valence electrons. The van der Waals surface area contributed by atoms with Crippen molar-refractivity contribution < 1.29 is 4.84 Å². The van der Waals surface area contributed by atoms with Gasteiger partial charge in [0.25, 0.3) is 0 Å². The van der Waals surface area contributed by atoms with Gasteiger partial charge in [0, 0.05) is 0 Å². The van der Waals surface area contributed by atoms with Gasteiger partial charge in [-0.1, -0.05) is 56.3 Å². The summed E-state index contributed by atoms with van der Waals surface area (Å²) in [5.41, 5.74) is 2.34. The number of rotatable bonds is 4. The number of hydrogen-bond donors (Lipinski definition) is 0. The maximum Gasteiger partial charge on any atom is 0.117 e. The smallest absolute Gasteiger partial charge is 0.117 e. The minimum absolute atomic E-state index is 0.302. The summed E-state index contributed by atoms with van der Waals surface area (Å²) in [7, 11) is 0. The van der Waals surface area contributed by atoms with Crippen LogP contribution < -0.4 is 0 Å². The summed E-state index contributed by atoms with van der Waals surface area (Å²) in [6.07, 6.45) is 1.01. The molecule has 2 heteroatoms. The molecule has 0 spiro atoms. The molecule has 0 N–H and O–H groups in total. The van der Waals surface area contributed by atoms with Gasteiger partial charge in [-0.05, 0) is 24.3 Å². The van der Waals surface area contributed by atoms with Crippen molar-refractivity contribution in [2.45, 2.75) is 34.1 Å². The van der Waals surface area contributed by atoms with Gasteiger partial charge in [0.2, 0.25) is 0 Å². The van der Waals surface area contributed by atoms with Crippen LogP contribution in [-0.2, 0) is 4.84 Å². The molecule has 0 atom stereocenters. The highest BCUT2D eigenvalue weighted by Crippen LogP contribution is 2.17. The van der Waals surface area contributed by atoms with Crippen molar-refractivity contribution >= 4 is 5.71 Å². The maximum absolute atomic E-state index is 5.31. The van der Waals surface area contributed by atoms with Crippen LogP contribution in [0.3, 0.4) is 0 Å². The van der Waals surface area contributed by atoms with Crippen LogP contribution in [0.25, 0.3) is 0 Å². The fraction of sp³-hybridized carbons (Fsp3) is 0.500. The standard InChI is InChI=1S/C14H21NO/c1-12(13-8-6-5-7-9-13)15-16-11-10-14(2,3)4/h5-9H,10-11H2,1-4H3/b15-12+. The van der Waals surface area contributed by atoms with E-state index in [1.54, 1.807) is 0 Å². The van der Waals surface area contributed by atoms with Crippen LogP contribution in [0.5, 0.6) is 0 Å². The normalized spacial score (nSPS) is 12.6. The highest BCUT2D eigenvalue weighted by Gasteiger charge is 2.09. The lowest BCUT2D eigenvalue weighted by Crippen LogP contribution is -2.08. The molecule has 0 aromatic heterocycles. The Kier molecular flexibility index (Phi) is 4.53. The van der Waals surface area contributed by atoms with Crippen LogP contribution in [0, 0.1) is 5.41 Å². The van der Waals surface area contributed by atoms with Gasteiger partial charge in [0.1, 0.15) is 6.61 Å². The lowest BCUT2D eigenvalue weighted by atomic mass is 9.93. The Hall–Kier alpha value is -1.31. The van der Waals surface area contributed by atoms with Crippen LogP contribution >= 0.6 is 0 Å². The van der Waals surface area contributed by atoms with Crippen molar-refractivity contribution in [1.29, 1.82) is 0 Å². The summed E-state index contributed by atoms with van der Waals surface area (Å²) in [6.45, 7) is 9.23. The summed E-state index contributed by atoms with van der Waals surface area (Å²) in [6, 6.07) is 10.1. The number of oxime groups is 1. The molecule has 0 amide bonds. The van der Waals surface area contributed by atoms with Crippen molar-refractivity contribution in [3.05, 3.63) is 35.9 Å². The molecule has 0 saturated heterocycles. The van der Waals surface area contributed by atoms with Gasteiger partial charge in [0.05, 0.1) is 5.71 Å². The van der Waals surface area contributed by atoms with Gasteiger partial charge in [-0.3, -0.25) is 0 Å². The monoisotopic (exact) mass is 219 g/mol. The van der Waals surface area contributed by atoms with Crippen molar-refractivity contribution in [3.63, 3.8) is 0 Å². The summed E-state index contributed by atoms with van der Waals surface area (Å²) < 4.78 is 0. The van der Waals surface area contributed by atoms with Crippen LogP contribution in [0.15, 0.2) is 35.5 Å². The minimum Gasteiger partial charge on any atom is -0.396 e. The lowest BCUT2D eigenvalue weighted by molar-refractivity contribution is 0.116. The van der Waals surface area contributed by atoms with E-state index in [-0.39, 0.29) is 0 Å². The first-order chi connectivity index (χ1) is 7.49. The highest BCUT2D eigenvalue weighted by atomic mass is 16.6. The van der Waals surface area contributed by atoms with E-state index in [1.165, 1.54) is 0 Å². The molecule has 0 aliphatic rings. The van der Waals surface area contributed by atoms with E-state index in [2.05, 4.69) is 25.9 Å². The second-order valence-electron chi connectivity index (χ2n) is 5.19. The summed E-state index contributed by atoms with van der Waals surface area (Å²) in [5.74, 6) is 0. The first-order valence-electron chi connectivity index (χ1n) is 5.71. The third kappa shape index (κ3) is 4.96. The molecule has 2 nitrogen and oxygen atoms in total. The van der Waals surface area contributed by atoms with Crippen LogP contribution in [0.1, 0.15) is 39.7 Å². The van der Waals surface area contributed by atoms with Crippen LogP contribution in [0.2, 0.25) is 0 Å². The van der Waals surface area contributed by atoms with Crippen molar-refractivity contribution in [1.82, 2.24) is 0 Å². The average molecular weight is 219 g/mol. The largest absolute Gasteiger partial charge is 0.396 e. The summed E-state index contributed by atoms with van der Waals surface area (Å²) in [4.78, 5) is 5.31. The van der Waals surface area contributed by atoms with Gasteiger partial charge in [-0.25, -0.2) is 0 Å². The summed E-state index contributed by atoms with van der Waals surface area (Å²) >= 11 is 0. The third-order valence-corrected chi connectivity index (χ3v) is 2.34. The Morgan fingerprint density at radius 3 is 2.38 bits per heavy atom. The Morgan fingerprint density at radius 2 is 1.81 bits per heavy atom. The van der Waals surface area contributed by atoms with Gasteiger partial charge < -0.3 is 4.84 Å². The van der Waals surface area contributed by atoms with E-state index in [9.17, 15) is 0 Å². The number of hydrogen-bond acceptors (Lipinski definition) is 2. The van der Waals surface area contributed by atoms with E-state index in [0.29, 0.717) is 12.0 Å². The molecule has 0 aliphatic carbocycles. The molecule has 1 aromatic carbocycles. The minimum atomic E-state index is 0.302. The zero-order valence-electron chi connectivity index (χ0n) is 10.7. The third-order valence-electron chi connectivity index (χ3n) is 2.34. The summed E-state index contributed by atoms with van der Waals surface area (Å²) in [5, 5.41) is 4.11. The fourth-order valence-electron chi connectivity index (χ4n) is 1.23. The predicted molar refractivity (Wildman–Crippen MR) is 68.7 cm³/mol. The van der Waals surface area contributed by atoms with Crippen LogP contribution in [0.4, 0.5) is 0 Å². The Balaban J connectivity index is 2.41. The maximum atomic E-state index is 5.31. The Bertz CT molecular complexity index is 336. The highest BCUT2D eigenvalue weighted by molar-refractivity contribution is 5.98. The number of nitrogens with zero attached hydrogens (tertiary/aromatic N) is 1. The lowest BCUT2D eigenvalue weighted by Gasteiger charge is -2.16. The first-order valence-corrected chi connectivity index (χ1v) is 5.71. The second kappa shape index (κ2) is 5.69. The molecule has 0 fully saturated rings. The molecule has 1 aromatic rings. The topological polar surface area (TPSA) is 21.6 Å². The van der Waals surface area contributed by atoms with Crippen molar-refractivity contribution in [3.8, 4) is 0 Å². The zero-order valence-corrected chi connectivity index (χ0v) is 10.7. The molecule has 0 radical (unpaired) electrons. The van der Waals surface area contributed by atoms with Gasteiger partial charge in [0.15, 0.2) is 0 Å². The van der Waals surface area contributed by atoms with Crippen molar-refractivity contribution in [2.24, 2.45) is 10.6 Å². The molecule has 0 saturated carbocycles. The molecule has 0 unspecified atom stereocenters. The molecule has 0 bridgehead atoms. The van der Waals surface area contributed by atoms with Crippen LogP contribution in [-0.4, -0.2) is 12.3 Å². The van der Waals surface area contributed by atoms with Gasteiger partial charge in [-0.2, -0.15) is 0 Å². The van der Waals surface area contributed by atoms with E-state index in [0.717, 1.165) is 17.7 Å². The average Bonchev–Trinajstić information content (AvgIpc) is 2.24. The molecular weight excluding hydrogens is 198 g/mol. The Morgan fingerprint density at radius 1 is 1.19 bits per heavy atom. The molecular formula is C14H21NO. The first kappa shape index (κ1) is 12.8. The number of benzene rings is 1. The van der Waals surface area contributed by atoms with E-state index in [1.807, 2.05) is 37.3 Å². The van der Waals surface area contributed by atoms with E-state index >= 15 is 0 Å². The molecule has 0 heterocycles. The van der Waals surface area contributed by atoms with E-state index in [4.69, 9.17) is 4.84 Å². The molecule has 16 heavy (non-hydrogen) atoms. The quantitative estimate of drug-likeness (QED) is 0.428. The van der Waals surface area contributed by atoms with E-state index < -0.39 is 0 Å². The molecule has 0 aliphatic heterocycles. The predicted octanol–water partition coefficient (Wildman–Crippen LogP) is 3.86.